The van der Waals surface area contributed by atoms with Crippen molar-refractivity contribution in [3.8, 4) is 11.5 Å². The predicted octanol–water partition coefficient (Wildman–Crippen LogP) is 4.02. The van der Waals surface area contributed by atoms with Crippen LogP contribution in [0.15, 0.2) is 52.1 Å². The van der Waals surface area contributed by atoms with Crippen molar-refractivity contribution in [3.05, 3.63) is 58.1 Å². The maximum Gasteiger partial charge on any atom is 0.128 e. The molecule has 0 aliphatic heterocycles. The third-order valence-corrected chi connectivity index (χ3v) is 3.29. The second-order valence-corrected chi connectivity index (χ2v) is 5.35. The minimum absolute atomic E-state index is 0.405. The van der Waals surface area contributed by atoms with E-state index < -0.39 is 0 Å². The van der Waals surface area contributed by atoms with Gasteiger partial charge in [-0.1, -0.05) is 38.8 Å². The first-order valence-electron chi connectivity index (χ1n) is 6.48. The minimum atomic E-state index is 0.405. The standard InChI is InChI=1S/C16H16BrNO3/c1-12-2-5-15(6-3-12)20-8-9-21-16-7-4-14(17)10-13(16)11-18-19/h2-7,10-11,19H,8-9H2,1H3. The molecule has 0 aromatic heterocycles. The Bertz CT molecular complexity index is 611. The van der Waals surface area contributed by atoms with Gasteiger partial charge >= 0.3 is 0 Å². The molecule has 110 valence electrons. The van der Waals surface area contributed by atoms with Crippen molar-refractivity contribution in [2.45, 2.75) is 6.92 Å². The Balaban J connectivity index is 1.87. The van der Waals surface area contributed by atoms with Gasteiger partial charge in [-0.2, -0.15) is 0 Å². The minimum Gasteiger partial charge on any atom is -0.490 e. The molecule has 2 aromatic rings. The zero-order valence-corrected chi connectivity index (χ0v) is 13.2. The average molecular weight is 350 g/mol. The van der Waals surface area contributed by atoms with Crippen molar-refractivity contribution < 1.29 is 14.7 Å². The number of oxime groups is 1. The van der Waals surface area contributed by atoms with E-state index >= 15 is 0 Å². The number of nitrogens with zero attached hydrogens (tertiary/aromatic N) is 1. The summed E-state index contributed by atoms with van der Waals surface area (Å²) in [5.74, 6) is 1.46. The van der Waals surface area contributed by atoms with E-state index in [1.54, 1.807) is 0 Å². The van der Waals surface area contributed by atoms with Crippen LogP contribution in [0.3, 0.4) is 0 Å². The van der Waals surface area contributed by atoms with E-state index in [1.165, 1.54) is 11.8 Å². The summed E-state index contributed by atoms with van der Waals surface area (Å²) in [6, 6.07) is 13.4. The quantitative estimate of drug-likeness (QED) is 0.370. The molecule has 0 fully saturated rings. The smallest absolute Gasteiger partial charge is 0.128 e. The van der Waals surface area contributed by atoms with Crippen molar-refractivity contribution in [1.29, 1.82) is 0 Å². The van der Waals surface area contributed by atoms with Crippen LogP contribution in [-0.2, 0) is 0 Å². The van der Waals surface area contributed by atoms with Gasteiger partial charge in [0.15, 0.2) is 0 Å². The highest BCUT2D eigenvalue weighted by Crippen LogP contribution is 2.22. The zero-order chi connectivity index (χ0) is 15.1. The molecule has 21 heavy (non-hydrogen) atoms. The van der Waals surface area contributed by atoms with Gasteiger partial charge in [-0.3, -0.25) is 0 Å². The molecular weight excluding hydrogens is 334 g/mol. The fraction of sp³-hybridized carbons (Fsp3) is 0.188. The van der Waals surface area contributed by atoms with Crippen LogP contribution in [0.25, 0.3) is 0 Å². The van der Waals surface area contributed by atoms with Gasteiger partial charge in [0.1, 0.15) is 24.7 Å². The summed E-state index contributed by atoms with van der Waals surface area (Å²) < 4.78 is 12.1. The van der Waals surface area contributed by atoms with Gasteiger partial charge in [-0.15, -0.1) is 0 Å². The van der Waals surface area contributed by atoms with Gasteiger partial charge in [0.25, 0.3) is 0 Å². The number of hydrogen-bond donors (Lipinski definition) is 1. The number of benzene rings is 2. The van der Waals surface area contributed by atoms with Crippen LogP contribution in [0, 0.1) is 6.92 Å². The summed E-state index contributed by atoms with van der Waals surface area (Å²) in [6.45, 7) is 2.88. The second kappa shape index (κ2) is 7.69. The molecule has 0 radical (unpaired) electrons. The molecule has 0 unspecified atom stereocenters. The third-order valence-electron chi connectivity index (χ3n) is 2.80. The molecule has 0 saturated carbocycles. The van der Waals surface area contributed by atoms with Crippen LogP contribution in [0.2, 0.25) is 0 Å². The first-order valence-corrected chi connectivity index (χ1v) is 7.27. The number of aryl methyl sites for hydroxylation is 1. The normalized spacial score (nSPS) is 10.8. The molecule has 0 aliphatic carbocycles. The monoisotopic (exact) mass is 349 g/mol. The van der Waals surface area contributed by atoms with Crippen LogP contribution in [-0.4, -0.2) is 24.6 Å². The van der Waals surface area contributed by atoms with E-state index in [-0.39, 0.29) is 0 Å². The maximum absolute atomic E-state index is 8.65. The van der Waals surface area contributed by atoms with Gasteiger partial charge in [0, 0.05) is 10.0 Å². The molecule has 0 aliphatic rings. The number of rotatable bonds is 6. The number of halogens is 1. The fourth-order valence-corrected chi connectivity index (χ4v) is 2.14. The Morgan fingerprint density at radius 2 is 1.81 bits per heavy atom. The molecule has 0 heterocycles. The van der Waals surface area contributed by atoms with E-state index in [2.05, 4.69) is 21.1 Å². The summed E-state index contributed by atoms with van der Waals surface area (Å²) in [5, 5.41) is 11.7. The number of hydrogen-bond acceptors (Lipinski definition) is 4. The average Bonchev–Trinajstić information content (AvgIpc) is 2.48. The Labute approximate surface area is 132 Å². The largest absolute Gasteiger partial charge is 0.490 e. The summed E-state index contributed by atoms with van der Waals surface area (Å²) >= 11 is 3.36. The van der Waals surface area contributed by atoms with Crippen LogP contribution < -0.4 is 9.47 Å². The fourth-order valence-electron chi connectivity index (χ4n) is 1.76. The lowest BCUT2D eigenvalue weighted by Gasteiger charge is -2.10. The molecular formula is C16H16BrNO3. The first kappa shape index (κ1) is 15.4. The van der Waals surface area contributed by atoms with Crippen LogP contribution in [0.1, 0.15) is 11.1 Å². The van der Waals surface area contributed by atoms with Gasteiger partial charge in [0.2, 0.25) is 0 Å². The predicted molar refractivity (Wildman–Crippen MR) is 85.7 cm³/mol. The van der Waals surface area contributed by atoms with Gasteiger partial charge in [0.05, 0.1) is 6.21 Å². The van der Waals surface area contributed by atoms with Crippen molar-refractivity contribution in [3.63, 3.8) is 0 Å². The Morgan fingerprint density at radius 3 is 2.52 bits per heavy atom. The molecule has 2 rings (SSSR count). The summed E-state index contributed by atoms with van der Waals surface area (Å²) in [7, 11) is 0. The van der Waals surface area contributed by atoms with Gasteiger partial charge in [-0.05, 0) is 37.3 Å². The Hall–Kier alpha value is -2.01. The number of ether oxygens (including phenoxy) is 2. The summed E-state index contributed by atoms with van der Waals surface area (Å²) in [5.41, 5.74) is 1.89. The molecule has 4 nitrogen and oxygen atoms in total. The van der Waals surface area contributed by atoms with Crippen LogP contribution >= 0.6 is 15.9 Å². The van der Waals surface area contributed by atoms with E-state index in [0.29, 0.717) is 24.5 Å². The maximum atomic E-state index is 8.65. The Morgan fingerprint density at radius 1 is 1.10 bits per heavy atom. The van der Waals surface area contributed by atoms with Crippen LogP contribution in [0.5, 0.6) is 11.5 Å². The van der Waals surface area contributed by atoms with Gasteiger partial charge < -0.3 is 14.7 Å². The van der Waals surface area contributed by atoms with Gasteiger partial charge in [-0.25, -0.2) is 0 Å². The molecule has 2 aromatic carbocycles. The third kappa shape index (κ3) is 4.79. The van der Waals surface area contributed by atoms with Crippen molar-refractivity contribution in [1.82, 2.24) is 0 Å². The van der Waals surface area contributed by atoms with E-state index in [1.807, 2.05) is 49.4 Å². The Kier molecular flexibility index (Phi) is 5.63. The van der Waals surface area contributed by atoms with Crippen LogP contribution in [0.4, 0.5) is 0 Å². The molecule has 0 atom stereocenters. The summed E-state index contributed by atoms with van der Waals surface area (Å²) in [6.07, 6.45) is 1.33. The molecule has 0 spiro atoms. The zero-order valence-electron chi connectivity index (χ0n) is 11.6. The van der Waals surface area contributed by atoms with E-state index in [4.69, 9.17) is 14.7 Å². The second-order valence-electron chi connectivity index (χ2n) is 4.44. The molecule has 0 saturated heterocycles. The van der Waals surface area contributed by atoms with Crippen molar-refractivity contribution in [2.75, 3.05) is 13.2 Å². The highest BCUT2D eigenvalue weighted by atomic mass is 79.9. The highest BCUT2D eigenvalue weighted by molar-refractivity contribution is 9.10. The van der Waals surface area contributed by atoms with E-state index in [0.717, 1.165) is 10.2 Å². The van der Waals surface area contributed by atoms with Crippen molar-refractivity contribution >= 4 is 22.1 Å². The topological polar surface area (TPSA) is 51.0 Å². The first-order chi connectivity index (χ1) is 10.2. The lowest BCUT2D eigenvalue weighted by molar-refractivity contribution is 0.217. The SMILES string of the molecule is Cc1ccc(OCCOc2ccc(Br)cc2C=NO)cc1. The summed E-state index contributed by atoms with van der Waals surface area (Å²) in [4.78, 5) is 0. The molecule has 1 N–H and O–H groups in total. The lowest BCUT2D eigenvalue weighted by atomic mass is 10.2. The molecule has 0 bridgehead atoms. The van der Waals surface area contributed by atoms with Crippen molar-refractivity contribution in [2.24, 2.45) is 5.16 Å². The van der Waals surface area contributed by atoms with E-state index in [9.17, 15) is 0 Å². The molecule has 0 amide bonds. The lowest BCUT2D eigenvalue weighted by Crippen LogP contribution is -2.10. The highest BCUT2D eigenvalue weighted by Gasteiger charge is 2.03. The molecule has 5 heteroatoms.